The fraction of sp³-hybridized carbons (Fsp3) is 0.471. The van der Waals surface area contributed by atoms with E-state index in [1.54, 1.807) is 6.92 Å². The molecule has 0 saturated carbocycles. The third-order valence-corrected chi connectivity index (χ3v) is 6.99. The van der Waals surface area contributed by atoms with Gasteiger partial charge in [-0.1, -0.05) is 6.92 Å². The van der Waals surface area contributed by atoms with E-state index in [9.17, 15) is 24.6 Å². The van der Waals surface area contributed by atoms with Crippen molar-refractivity contribution < 1.29 is 29.7 Å². The molecule has 0 heterocycles. The molecule has 0 radical (unpaired) electrons. The first-order valence-corrected chi connectivity index (χ1v) is 11.8. The van der Waals surface area contributed by atoms with E-state index in [0.29, 0.717) is 22.8 Å². The number of anilines is 1. The van der Waals surface area contributed by atoms with Crippen LogP contribution in [0, 0.1) is 10.7 Å². The number of carbonyl (C=O) groups excluding carboxylic acids is 3. The number of benzene rings is 1. The molecule has 3 amide bonds. The van der Waals surface area contributed by atoms with E-state index in [1.165, 1.54) is 6.92 Å². The number of amides is 3. The zero-order chi connectivity index (χ0) is 22.3. The second kappa shape index (κ2) is 12.5. The van der Waals surface area contributed by atoms with Crippen LogP contribution in [0.3, 0.4) is 0 Å². The lowest BCUT2D eigenvalue weighted by molar-refractivity contribution is -0.114. The highest BCUT2D eigenvalue weighted by molar-refractivity contribution is 14.1. The number of rotatable bonds is 9. The lowest BCUT2D eigenvalue weighted by Crippen LogP contribution is -2.36. The van der Waals surface area contributed by atoms with Crippen LogP contribution in [0.1, 0.15) is 41.0 Å². The molecule has 2 atom stereocenters. The van der Waals surface area contributed by atoms with Crippen molar-refractivity contribution in [1.29, 1.82) is 0 Å². The Hall–Kier alpha value is -0.300. The fourth-order valence-electron chi connectivity index (χ4n) is 2.16. The van der Waals surface area contributed by atoms with E-state index in [2.05, 4.69) is 16.0 Å². The summed E-state index contributed by atoms with van der Waals surface area (Å²) in [5.74, 6) is -1.41. The summed E-state index contributed by atoms with van der Waals surface area (Å²) in [4.78, 5) is 37.2. The number of aliphatic hydroxyl groups is 3. The highest BCUT2D eigenvalue weighted by Gasteiger charge is 2.28. The van der Waals surface area contributed by atoms with Crippen molar-refractivity contribution in [3.8, 4) is 0 Å². The van der Waals surface area contributed by atoms with Crippen LogP contribution in [-0.2, 0) is 4.79 Å². The van der Waals surface area contributed by atoms with Gasteiger partial charge in [0.2, 0.25) is 5.91 Å². The number of hydrogen-bond donors (Lipinski definition) is 6. The third kappa shape index (κ3) is 7.41. The summed E-state index contributed by atoms with van der Waals surface area (Å²) in [7, 11) is 0. The van der Waals surface area contributed by atoms with E-state index in [1.807, 2.05) is 67.8 Å². The van der Waals surface area contributed by atoms with Gasteiger partial charge in [-0.25, -0.2) is 0 Å². The number of halogens is 3. The number of aliphatic hydroxyl groups excluding tert-OH is 3. The van der Waals surface area contributed by atoms with Crippen LogP contribution < -0.4 is 16.0 Å². The van der Waals surface area contributed by atoms with Crippen LogP contribution in [0.4, 0.5) is 5.69 Å². The first kappa shape index (κ1) is 26.7. The van der Waals surface area contributed by atoms with Gasteiger partial charge in [0.25, 0.3) is 11.8 Å². The Morgan fingerprint density at radius 2 is 1.34 bits per heavy atom. The zero-order valence-electron chi connectivity index (χ0n) is 15.7. The SMILES string of the molecule is CCC(O)CNC(=O)c1c(I)c(NC(C)=O)c(I)c(C(=O)NCC(O)CO)c1I. The molecule has 0 aliphatic rings. The van der Waals surface area contributed by atoms with Crippen LogP contribution in [0.15, 0.2) is 0 Å². The van der Waals surface area contributed by atoms with Gasteiger partial charge in [0.15, 0.2) is 0 Å². The molecule has 0 fully saturated rings. The lowest BCUT2D eigenvalue weighted by atomic mass is 10.1. The topological polar surface area (TPSA) is 148 Å². The molecule has 1 rings (SSSR count). The second-order valence-electron chi connectivity index (χ2n) is 6.07. The monoisotopic (exact) mass is 745 g/mol. The predicted molar refractivity (Wildman–Crippen MR) is 133 cm³/mol. The second-order valence-corrected chi connectivity index (χ2v) is 9.30. The van der Waals surface area contributed by atoms with E-state index in [-0.39, 0.29) is 30.1 Å². The van der Waals surface area contributed by atoms with E-state index >= 15 is 0 Å². The molecule has 12 heteroatoms. The molecular weight excluding hydrogens is 723 g/mol. The molecule has 0 saturated heterocycles. The Kier molecular flexibility index (Phi) is 11.6. The standard InChI is InChI=1S/C17H22I3N3O6/c1-3-8(26)4-21-16(28)10-12(18)11(17(29)22-5-9(27)6-24)14(20)15(13(10)19)23-7(2)25/h8-9,24,26-27H,3-6H2,1-2H3,(H,21,28)(H,22,29)(H,23,25). The third-order valence-electron chi connectivity index (χ3n) is 3.75. The van der Waals surface area contributed by atoms with Gasteiger partial charge in [0.05, 0.1) is 42.8 Å². The fourth-order valence-corrected chi connectivity index (χ4v) is 6.57. The minimum absolute atomic E-state index is 0.0488. The largest absolute Gasteiger partial charge is 0.394 e. The van der Waals surface area contributed by atoms with Gasteiger partial charge in [0.1, 0.15) is 0 Å². The minimum Gasteiger partial charge on any atom is -0.394 e. The average Bonchev–Trinajstić information content (AvgIpc) is 2.67. The van der Waals surface area contributed by atoms with E-state index in [0.717, 1.165) is 0 Å². The Bertz CT molecular complexity index is 737. The zero-order valence-corrected chi connectivity index (χ0v) is 22.2. The molecule has 2 unspecified atom stereocenters. The summed E-state index contributed by atoms with van der Waals surface area (Å²) in [5.41, 5.74) is 0.696. The Morgan fingerprint density at radius 3 is 1.72 bits per heavy atom. The van der Waals surface area contributed by atoms with Crippen molar-refractivity contribution in [3.05, 3.63) is 21.8 Å². The highest BCUT2D eigenvalue weighted by atomic mass is 127. The smallest absolute Gasteiger partial charge is 0.253 e. The van der Waals surface area contributed by atoms with Crippen molar-refractivity contribution in [3.63, 3.8) is 0 Å². The predicted octanol–water partition coefficient (Wildman–Crippen LogP) is 1.04. The van der Waals surface area contributed by atoms with Gasteiger partial charge < -0.3 is 31.3 Å². The summed E-state index contributed by atoms with van der Waals surface area (Å²) in [6.45, 7) is 2.47. The van der Waals surface area contributed by atoms with Crippen LogP contribution in [0.2, 0.25) is 0 Å². The number of nitrogens with one attached hydrogen (secondary N) is 3. The van der Waals surface area contributed by atoms with E-state index < -0.39 is 30.6 Å². The van der Waals surface area contributed by atoms with Crippen LogP contribution >= 0.6 is 67.8 Å². The summed E-state index contributed by atoms with van der Waals surface area (Å²) in [5, 5.41) is 35.9. The average molecular weight is 745 g/mol. The summed E-state index contributed by atoms with van der Waals surface area (Å²) < 4.78 is 1.26. The Morgan fingerprint density at radius 1 is 0.897 bits per heavy atom. The molecule has 0 aromatic heterocycles. The molecule has 0 bridgehead atoms. The number of carbonyl (C=O) groups is 3. The molecule has 1 aromatic carbocycles. The van der Waals surface area contributed by atoms with Crippen LogP contribution in [0.25, 0.3) is 0 Å². The van der Waals surface area contributed by atoms with Gasteiger partial charge in [-0.2, -0.15) is 0 Å². The molecule has 29 heavy (non-hydrogen) atoms. The molecule has 9 nitrogen and oxygen atoms in total. The molecule has 0 aliphatic heterocycles. The maximum atomic E-state index is 12.8. The quantitative estimate of drug-likeness (QED) is 0.209. The summed E-state index contributed by atoms with van der Waals surface area (Å²) in [6, 6.07) is 0. The van der Waals surface area contributed by atoms with Crippen molar-refractivity contribution in [2.45, 2.75) is 32.5 Å². The lowest BCUT2D eigenvalue weighted by Gasteiger charge is -2.20. The van der Waals surface area contributed by atoms with E-state index in [4.69, 9.17) is 5.11 Å². The van der Waals surface area contributed by atoms with Crippen LogP contribution in [-0.4, -0.2) is 64.9 Å². The molecular formula is C17H22I3N3O6. The van der Waals surface area contributed by atoms with Gasteiger partial charge >= 0.3 is 0 Å². The Balaban J connectivity index is 3.45. The highest BCUT2D eigenvalue weighted by Crippen LogP contribution is 2.35. The molecule has 0 spiro atoms. The summed E-state index contributed by atoms with van der Waals surface area (Å²) >= 11 is 5.74. The minimum atomic E-state index is -1.12. The van der Waals surface area contributed by atoms with Crippen molar-refractivity contribution in [2.24, 2.45) is 0 Å². The van der Waals surface area contributed by atoms with Crippen molar-refractivity contribution >= 4 is 91.2 Å². The maximum Gasteiger partial charge on any atom is 0.253 e. The first-order valence-electron chi connectivity index (χ1n) is 8.56. The molecule has 0 aliphatic carbocycles. The van der Waals surface area contributed by atoms with Gasteiger partial charge in [-0.3, -0.25) is 14.4 Å². The molecule has 6 N–H and O–H groups in total. The van der Waals surface area contributed by atoms with Gasteiger partial charge in [-0.15, -0.1) is 0 Å². The van der Waals surface area contributed by atoms with Crippen molar-refractivity contribution in [2.75, 3.05) is 25.0 Å². The Labute approximate surface area is 209 Å². The van der Waals surface area contributed by atoms with Gasteiger partial charge in [0, 0.05) is 23.6 Å². The van der Waals surface area contributed by atoms with Gasteiger partial charge in [-0.05, 0) is 74.2 Å². The molecule has 162 valence electrons. The molecule has 1 aromatic rings. The van der Waals surface area contributed by atoms with Crippen LogP contribution in [0.5, 0.6) is 0 Å². The number of hydrogen-bond acceptors (Lipinski definition) is 6. The normalized spacial score (nSPS) is 12.8. The maximum absolute atomic E-state index is 12.8. The first-order chi connectivity index (χ1) is 13.5. The summed E-state index contributed by atoms with van der Waals surface area (Å²) in [6.07, 6.45) is -1.35. The van der Waals surface area contributed by atoms with Crippen molar-refractivity contribution in [1.82, 2.24) is 10.6 Å².